The zero-order chi connectivity index (χ0) is 14.8. The summed E-state index contributed by atoms with van der Waals surface area (Å²) in [6, 6.07) is 2.38. The van der Waals surface area contributed by atoms with E-state index in [4.69, 9.17) is 5.73 Å². The van der Waals surface area contributed by atoms with E-state index in [2.05, 4.69) is 0 Å². The van der Waals surface area contributed by atoms with Crippen LogP contribution in [0.15, 0.2) is 12.1 Å². The summed E-state index contributed by atoms with van der Waals surface area (Å²) in [6.07, 6.45) is -5.13. The Morgan fingerprint density at radius 3 is 2.37 bits per heavy atom. The molecule has 2 N–H and O–H groups in total. The van der Waals surface area contributed by atoms with Crippen LogP contribution >= 0.6 is 0 Å². The van der Waals surface area contributed by atoms with Crippen molar-refractivity contribution in [3.05, 3.63) is 29.1 Å². The first kappa shape index (κ1) is 15.8. The maximum absolute atomic E-state index is 13.5. The monoisotopic (exact) mass is 278 g/mol. The van der Waals surface area contributed by atoms with Gasteiger partial charge in [-0.25, -0.2) is 4.39 Å². The minimum atomic E-state index is -4.21. The van der Waals surface area contributed by atoms with Crippen LogP contribution in [0.1, 0.15) is 30.5 Å². The lowest BCUT2D eigenvalue weighted by Crippen LogP contribution is -2.26. The second-order valence-electron chi connectivity index (χ2n) is 4.74. The third kappa shape index (κ3) is 4.38. The summed E-state index contributed by atoms with van der Waals surface area (Å²) >= 11 is 0. The average molecular weight is 278 g/mol. The molecule has 1 aromatic rings. The van der Waals surface area contributed by atoms with Gasteiger partial charge in [0.25, 0.3) is 0 Å². The number of nitrogens with two attached hydrogens (primary N) is 1. The molecule has 0 bridgehead atoms. The van der Waals surface area contributed by atoms with Gasteiger partial charge in [0.05, 0.1) is 6.42 Å². The van der Waals surface area contributed by atoms with Crippen LogP contribution in [0.2, 0.25) is 0 Å². The SMILES string of the molecule is Cc1cc(N(C)CCC(F)(F)F)c(C(C)N)cc1F. The van der Waals surface area contributed by atoms with Crippen LogP contribution in [0.3, 0.4) is 0 Å². The van der Waals surface area contributed by atoms with Crippen LogP contribution in [0.5, 0.6) is 0 Å². The molecule has 0 aliphatic heterocycles. The Hall–Kier alpha value is -1.30. The predicted octanol–water partition coefficient (Wildman–Crippen LogP) is 3.54. The molecule has 0 saturated carbocycles. The largest absolute Gasteiger partial charge is 0.390 e. The molecule has 2 nitrogen and oxygen atoms in total. The van der Waals surface area contributed by atoms with Gasteiger partial charge in [0.1, 0.15) is 5.82 Å². The fourth-order valence-corrected chi connectivity index (χ4v) is 1.79. The standard InChI is InChI=1S/C13H18F4N2/c1-8-6-12(10(9(2)18)7-11(8)14)19(3)5-4-13(15,16)17/h6-7,9H,4-5,18H2,1-3H3. The van der Waals surface area contributed by atoms with Crippen LogP contribution in [-0.4, -0.2) is 19.8 Å². The third-order valence-electron chi connectivity index (χ3n) is 2.94. The van der Waals surface area contributed by atoms with Crippen molar-refractivity contribution < 1.29 is 17.6 Å². The topological polar surface area (TPSA) is 29.3 Å². The van der Waals surface area contributed by atoms with E-state index in [0.717, 1.165) is 0 Å². The molecule has 0 saturated heterocycles. The van der Waals surface area contributed by atoms with Crippen molar-refractivity contribution in [3.63, 3.8) is 0 Å². The van der Waals surface area contributed by atoms with Crippen molar-refractivity contribution in [1.82, 2.24) is 0 Å². The predicted molar refractivity (Wildman–Crippen MR) is 67.7 cm³/mol. The summed E-state index contributed by atoms with van der Waals surface area (Å²) < 4.78 is 50.2. The third-order valence-corrected chi connectivity index (χ3v) is 2.94. The lowest BCUT2D eigenvalue weighted by Gasteiger charge is -2.25. The van der Waals surface area contributed by atoms with E-state index in [1.165, 1.54) is 17.0 Å². The van der Waals surface area contributed by atoms with Gasteiger partial charge in [0.2, 0.25) is 0 Å². The Morgan fingerprint density at radius 1 is 1.32 bits per heavy atom. The lowest BCUT2D eigenvalue weighted by atomic mass is 10.0. The summed E-state index contributed by atoms with van der Waals surface area (Å²) in [5, 5.41) is 0. The van der Waals surface area contributed by atoms with Crippen molar-refractivity contribution in [2.24, 2.45) is 5.73 Å². The molecular weight excluding hydrogens is 260 g/mol. The van der Waals surface area contributed by atoms with Gasteiger partial charge in [-0.15, -0.1) is 0 Å². The van der Waals surface area contributed by atoms with E-state index < -0.39 is 24.5 Å². The highest BCUT2D eigenvalue weighted by Crippen LogP contribution is 2.29. The van der Waals surface area contributed by atoms with Crippen molar-refractivity contribution >= 4 is 5.69 Å². The summed E-state index contributed by atoms with van der Waals surface area (Å²) in [4.78, 5) is 1.46. The number of halogens is 4. The van der Waals surface area contributed by atoms with Gasteiger partial charge in [-0.2, -0.15) is 13.2 Å². The number of hydrogen-bond donors (Lipinski definition) is 1. The number of rotatable bonds is 4. The van der Waals surface area contributed by atoms with Crippen LogP contribution in [0.4, 0.5) is 23.2 Å². The van der Waals surface area contributed by atoms with E-state index >= 15 is 0 Å². The Kier molecular flexibility index (Phi) is 4.79. The molecule has 108 valence electrons. The Labute approximate surface area is 110 Å². The van der Waals surface area contributed by atoms with E-state index in [-0.39, 0.29) is 6.54 Å². The van der Waals surface area contributed by atoms with Gasteiger partial charge < -0.3 is 10.6 Å². The first-order valence-electron chi connectivity index (χ1n) is 5.95. The lowest BCUT2D eigenvalue weighted by molar-refractivity contribution is -0.132. The van der Waals surface area contributed by atoms with Crippen molar-refractivity contribution in [3.8, 4) is 0 Å². The number of hydrogen-bond acceptors (Lipinski definition) is 2. The molecule has 19 heavy (non-hydrogen) atoms. The summed E-state index contributed by atoms with van der Waals surface area (Å²) in [7, 11) is 1.55. The molecule has 0 amide bonds. The second kappa shape index (κ2) is 5.77. The maximum Gasteiger partial charge on any atom is 0.390 e. The van der Waals surface area contributed by atoms with Crippen LogP contribution in [0.25, 0.3) is 0 Å². The molecule has 0 aliphatic carbocycles. The highest BCUT2D eigenvalue weighted by atomic mass is 19.4. The van der Waals surface area contributed by atoms with Gasteiger partial charge in [-0.1, -0.05) is 0 Å². The number of benzene rings is 1. The average Bonchev–Trinajstić information content (AvgIpc) is 2.27. The van der Waals surface area contributed by atoms with Gasteiger partial charge >= 0.3 is 6.18 Å². The van der Waals surface area contributed by atoms with Crippen LogP contribution in [-0.2, 0) is 0 Å². The zero-order valence-electron chi connectivity index (χ0n) is 11.2. The Morgan fingerprint density at radius 2 is 1.89 bits per heavy atom. The molecule has 0 heterocycles. The van der Waals surface area contributed by atoms with E-state index in [1.807, 2.05) is 0 Å². The normalized spacial score (nSPS) is 13.5. The van der Waals surface area contributed by atoms with Gasteiger partial charge in [0, 0.05) is 25.3 Å². The quantitative estimate of drug-likeness (QED) is 0.853. The molecule has 0 aromatic heterocycles. The van der Waals surface area contributed by atoms with Gasteiger partial charge in [-0.05, 0) is 37.1 Å². The van der Waals surface area contributed by atoms with Crippen LogP contribution in [0, 0.1) is 12.7 Å². The molecular formula is C13H18F4N2. The van der Waals surface area contributed by atoms with E-state index in [1.54, 1.807) is 20.9 Å². The number of aryl methyl sites for hydroxylation is 1. The van der Waals surface area contributed by atoms with Crippen LogP contribution < -0.4 is 10.6 Å². The number of anilines is 1. The Balaban J connectivity index is 3.01. The highest BCUT2D eigenvalue weighted by Gasteiger charge is 2.27. The van der Waals surface area contributed by atoms with Crippen molar-refractivity contribution in [1.29, 1.82) is 0 Å². The van der Waals surface area contributed by atoms with Gasteiger partial charge in [-0.3, -0.25) is 0 Å². The minimum Gasteiger partial charge on any atom is -0.374 e. The molecule has 1 unspecified atom stereocenters. The fourth-order valence-electron chi connectivity index (χ4n) is 1.79. The molecule has 1 aromatic carbocycles. The summed E-state index contributed by atoms with van der Waals surface area (Å²) in [5.41, 5.74) is 7.17. The van der Waals surface area contributed by atoms with Gasteiger partial charge in [0.15, 0.2) is 0 Å². The molecule has 0 fully saturated rings. The summed E-state index contributed by atoms with van der Waals surface area (Å²) in [6.45, 7) is 3.06. The molecule has 0 spiro atoms. The highest BCUT2D eigenvalue weighted by molar-refractivity contribution is 5.56. The molecule has 1 rings (SSSR count). The molecule has 0 aliphatic rings. The minimum absolute atomic E-state index is 0.186. The number of alkyl halides is 3. The number of nitrogens with zero attached hydrogens (tertiary/aromatic N) is 1. The maximum atomic E-state index is 13.5. The van der Waals surface area contributed by atoms with E-state index in [9.17, 15) is 17.6 Å². The zero-order valence-corrected chi connectivity index (χ0v) is 11.2. The smallest absolute Gasteiger partial charge is 0.374 e. The molecule has 1 atom stereocenters. The van der Waals surface area contributed by atoms with Crippen molar-refractivity contribution in [2.75, 3.05) is 18.5 Å². The van der Waals surface area contributed by atoms with E-state index in [0.29, 0.717) is 16.8 Å². The molecule has 0 radical (unpaired) electrons. The second-order valence-corrected chi connectivity index (χ2v) is 4.74. The Bertz CT molecular complexity index is 441. The first-order valence-corrected chi connectivity index (χ1v) is 5.95. The summed E-state index contributed by atoms with van der Waals surface area (Å²) in [5.74, 6) is -0.403. The fraction of sp³-hybridized carbons (Fsp3) is 0.538. The van der Waals surface area contributed by atoms with Crippen molar-refractivity contribution in [2.45, 2.75) is 32.5 Å². The molecule has 6 heteroatoms. The first-order chi connectivity index (χ1) is 8.61.